The summed E-state index contributed by atoms with van der Waals surface area (Å²) in [6.45, 7) is 3.43. The van der Waals surface area contributed by atoms with Gasteiger partial charge in [-0.3, -0.25) is 0 Å². The minimum Gasteiger partial charge on any atom is -0.376 e. The Morgan fingerprint density at radius 1 is 0.604 bits per heavy atom. The molecule has 2 aromatic carbocycles. The Morgan fingerprint density at radius 2 is 1.00 bits per heavy atom. The lowest BCUT2D eigenvalue weighted by Crippen LogP contribution is -2.27. The van der Waals surface area contributed by atoms with E-state index in [1.54, 1.807) is 24.3 Å². The molecule has 0 bridgehead atoms. The van der Waals surface area contributed by atoms with Crippen LogP contribution in [0.3, 0.4) is 0 Å². The van der Waals surface area contributed by atoms with Crippen LogP contribution in [0.15, 0.2) is 48.5 Å². The smallest absolute Gasteiger partial charge is 0.224 e. The van der Waals surface area contributed by atoms with Gasteiger partial charge in [-0.15, -0.1) is 0 Å². The van der Waals surface area contributed by atoms with E-state index in [9.17, 15) is 17.6 Å². The Bertz CT molecular complexity index is 1640. The van der Waals surface area contributed by atoms with E-state index in [4.69, 9.17) is 32.7 Å². The molecule has 2 aromatic heterocycles. The van der Waals surface area contributed by atoms with Crippen LogP contribution in [0.25, 0.3) is 0 Å². The summed E-state index contributed by atoms with van der Waals surface area (Å²) in [6.07, 6.45) is -0.740. The first-order valence-corrected chi connectivity index (χ1v) is 16.6. The number of nitrogens with zero attached hydrogens (tertiary/aromatic N) is 6. The average molecular weight is 704 g/mol. The van der Waals surface area contributed by atoms with Crippen LogP contribution in [0.5, 0.6) is 0 Å². The Kier molecular flexibility index (Phi) is 9.68. The SMILES string of the molecule is Fc1ccc(C2COCc3c2nc(Cl)nc3N2CC[C@@H](F)C2)cc1.Fc1ccc(C2COCc3c2nc(Cl)nc3N2CC[C@@H](F)C2)cc1. The highest BCUT2D eigenvalue weighted by Crippen LogP contribution is 2.38. The minimum absolute atomic E-state index is 0.139. The highest BCUT2D eigenvalue weighted by molar-refractivity contribution is 6.28. The van der Waals surface area contributed by atoms with E-state index in [-0.39, 0.29) is 34.0 Å². The quantitative estimate of drug-likeness (QED) is 0.167. The van der Waals surface area contributed by atoms with E-state index >= 15 is 0 Å². The standard InChI is InChI=1S/2C17H16ClF2N3O/c2*18-17-21-15-13(10-1-3-11(19)4-2-10)8-24-9-14(15)16(22-17)23-6-5-12(20)7-23/h2*1-4,12-13H,5-9H2/t2*12-,13?/m11/s1. The topological polar surface area (TPSA) is 76.5 Å². The fourth-order valence-electron chi connectivity index (χ4n) is 6.73. The second-order valence-corrected chi connectivity index (χ2v) is 12.9. The summed E-state index contributed by atoms with van der Waals surface area (Å²) >= 11 is 12.3. The number of aromatic nitrogens is 4. The highest BCUT2D eigenvalue weighted by Gasteiger charge is 2.34. The van der Waals surface area contributed by atoms with Crippen molar-refractivity contribution in [1.29, 1.82) is 0 Å². The Balaban J connectivity index is 0.000000152. The number of rotatable bonds is 4. The van der Waals surface area contributed by atoms with Crippen LogP contribution >= 0.6 is 23.2 Å². The van der Waals surface area contributed by atoms with Crippen molar-refractivity contribution in [2.24, 2.45) is 0 Å². The van der Waals surface area contributed by atoms with Gasteiger partial charge in [0.2, 0.25) is 10.6 Å². The number of alkyl halides is 2. The monoisotopic (exact) mass is 702 g/mol. The van der Waals surface area contributed by atoms with Crippen molar-refractivity contribution < 1.29 is 27.0 Å². The molecule has 4 aliphatic heterocycles. The highest BCUT2D eigenvalue weighted by atomic mass is 35.5. The molecule has 8 nitrogen and oxygen atoms in total. The summed E-state index contributed by atoms with van der Waals surface area (Å²) in [6, 6.07) is 12.6. The average Bonchev–Trinajstić information content (AvgIpc) is 3.72. The van der Waals surface area contributed by atoms with Crippen LogP contribution in [0.1, 0.15) is 58.3 Å². The molecule has 8 rings (SSSR count). The van der Waals surface area contributed by atoms with Crippen LogP contribution in [-0.2, 0) is 22.7 Å². The van der Waals surface area contributed by atoms with Crippen molar-refractivity contribution in [1.82, 2.24) is 19.9 Å². The zero-order chi connectivity index (χ0) is 33.4. The summed E-state index contributed by atoms with van der Waals surface area (Å²) in [7, 11) is 0. The van der Waals surface area contributed by atoms with Gasteiger partial charge in [0, 0.05) is 24.2 Å². The molecular formula is C34H32Cl2F4N6O2. The fourth-order valence-corrected chi connectivity index (χ4v) is 7.08. The van der Waals surface area contributed by atoms with Gasteiger partial charge >= 0.3 is 0 Å². The van der Waals surface area contributed by atoms with E-state index in [0.29, 0.717) is 77.1 Å². The summed E-state index contributed by atoms with van der Waals surface area (Å²) < 4.78 is 65.0. The molecule has 4 aromatic rings. The van der Waals surface area contributed by atoms with Gasteiger partial charge in [0.25, 0.3) is 0 Å². The summed E-state index contributed by atoms with van der Waals surface area (Å²) in [4.78, 5) is 21.2. The lowest BCUT2D eigenvalue weighted by Gasteiger charge is -2.29. The number of hydrogen-bond acceptors (Lipinski definition) is 8. The lowest BCUT2D eigenvalue weighted by molar-refractivity contribution is 0.0975. The lowest BCUT2D eigenvalue weighted by atomic mass is 9.91. The maximum Gasteiger partial charge on any atom is 0.224 e. The summed E-state index contributed by atoms with van der Waals surface area (Å²) in [5.74, 6) is 0.440. The Labute approximate surface area is 285 Å². The number of benzene rings is 2. The minimum atomic E-state index is -0.855. The molecule has 2 unspecified atom stereocenters. The molecule has 0 radical (unpaired) electrons. The number of fused-ring (bicyclic) bond motifs is 2. The molecule has 0 aliphatic carbocycles. The van der Waals surface area contributed by atoms with Crippen molar-refractivity contribution in [3.63, 3.8) is 0 Å². The third-order valence-electron chi connectivity index (χ3n) is 9.11. The van der Waals surface area contributed by atoms with Crippen molar-refractivity contribution >= 4 is 34.8 Å². The van der Waals surface area contributed by atoms with Gasteiger partial charge in [-0.25, -0.2) is 37.5 Å². The van der Waals surface area contributed by atoms with E-state index in [1.807, 2.05) is 9.80 Å². The first kappa shape index (κ1) is 32.9. The first-order valence-electron chi connectivity index (χ1n) is 15.8. The molecular weight excluding hydrogens is 671 g/mol. The molecule has 48 heavy (non-hydrogen) atoms. The maximum atomic E-state index is 13.6. The zero-order valence-corrected chi connectivity index (χ0v) is 27.3. The molecule has 0 N–H and O–H groups in total. The maximum absolute atomic E-state index is 13.6. The number of halogens is 6. The molecule has 6 heterocycles. The predicted molar refractivity (Wildman–Crippen MR) is 173 cm³/mol. The first-order chi connectivity index (χ1) is 23.2. The number of anilines is 2. The van der Waals surface area contributed by atoms with Crippen LogP contribution < -0.4 is 9.80 Å². The Hall–Kier alpha value is -3.58. The molecule has 0 amide bonds. The molecule has 2 saturated heterocycles. The van der Waals surface area contributed by atoms with Gasteiger partial charge < -0.3 is 19.3 Å². The van der Waals surface area contributed by atoms with Crippen LogP contribution in [0.2, 0.25) is 10.6 Å². The van der Waals surface area contributed by atoms with Crippen molar-refractivity contribution in [2.45, 2.75) is 50.2 Å². The third kappa shape index (κ3) is 6.94. The van der Waals surface area contributed by atoms with Crippen molar-refractivity contribution in [2.75, 3.05) is 49.2 Å². The Morgan fingerprint density at radius 3 is 1.35 bits per heavy atom. The van der Waals surface area contributed by atoms with Gasteiger partial charge in [0.05, 0.1) is 62.7 Å². The van der Waals surface area contributed by atoms with E-state index in [2.05, 4.69) is 19.9 Å². The summed E-state index contributed by atoms with van der Waals surface area (Å²) in [5, 5.41) is 0.278. The molecule has 2 fully saturated rings. The van der Waals surface area contributed by atoms with Gasteiger partial charge in [0.15, 0.2) is 0 Å². The van der Waals surface area contributed by atoms with E-state index in [1.165, 1.54) is 24.3 Å². The number of hydrogen-bond donors (Lipinski definition) is 0. The van der Waals surface area contributed by atoms with Crippen LogP contribution in [0.4, 0.5) is 29.2 Å². The zero-order valence-electron chi connectivity index (χ0n) is 25.8. The number of ether oxygens (including phenoxy) is 2. The molecule has 14 heteroatoms. The largest absolute Gasteiger partial charge is 0.376 e. The van der Waals surface area contributed by atoms with Crippen LogP contribution in [0, 0.1) is 11.6 Å². The fraction of sp³-hybridized carbons (Fsp3) is 0.412. The van der Waals surface area contributed by atoms with Gasteiger partial charge in [0.1, 0.15) is 35.6 Å². The van der Waals surface area contributed by atoms with Gasteiger partial charge in [-0.1, -0.05) is 24.3 Å². The second-order valence-electron chi connectivity index (χ2n) is 12.3. The van der Waals surface area contributed by atoms with Gasteiger partial charge in [-0.2, -0.15) is 0 Å². The van der Waals surface area contributed by atoms with Crippen LogP contribution in [-0.4, -0.2) is 71.7 Å². The van der Waals surface area contributed by atoms with E-state index in [0.717, 1.165) is 33.6 Å². The van der Waals surface area contributed by atoms with Gasteiger partial charge in [-0.05, 0) is 71.4 Å². The molecule has 4 aliphatic rings. The van der Waals surface area contributed by atoms with E-state index < -0.39 is 12.3 Å². The third-order valence-corrected chi connectivity index (χ3v) is 9.45. The molecule has 252 valence electrons. The van der Waals surface area contributed by atoms with Crippen molar-refractivity contribution in [3.8, 4) is 0 Å². The normalized spacial score (nSPS) is 23.4. The predicted octanol–water partition coefficient (Wildman–Crippen LogP) is 6.96. The molecule has 4 atom stereocenters. The molecule has 0 spiro atoms. The van der Waals surface area contributed by atoms with Crippen molar-refractivity contribution in [3.05, 3.63) is 104 Å². The second kappa shape index (κ2) is 14.1. The molecule has 0 saturated carbocycles. The summed E-state index contributed by atoms with van der Waals surface area (Å²) in [5.41, 5.74) is 5.06.